The summed E-state index contributed by atoms with van der Waals surface area (Å²) < 4.78 is 34.4. The predicted octanol–water partition coefficient (Wildman–Crippen LogP) is 2.41. The van der Waals surface area contributed by atoms with E-state index < -0.39 is 16.4 Å². The molecule has 0 unspecified atom stereocenters. The normalized spacial score (nSPS) is 10.7. The minimum atomic E-state index is -4.29. The summed E-state index contributed by atoms with van der Waals surface area (Å²) in [4.78, 5) is 11.5. The molecule has 0 aliphatic carbocycles. The maximum Gasteiger partial charge on any atom is 0.428 e. The highest BCUT2D eigenvalue weighted by molar-refractivity contribution is 7.85. The Morgan fingerprint density at radius 2 is 1.57 bits per heavy atom. The Bertz CT molecular complexity index is 711. The summed E-state index contributed by atoms with van der Waals surface area (Å²) in [5, 5.41) is 0. The molecule has 0 atom stereocenters. The van der Waals surface area contributed by atoms with E-state index in [1.807, 2.05) is 6.92 Å². The van der Waals surface area contributed by atoms with Gasteiger partial charge in [-0.15, -0.1) is 0 Å². The van der Waals surface area contributed by atoms with Crippen molar-refractivity contribution in [3.63, 3.8) is 0 Å². The number of para-hydroxylation sites is 1. The first-order valence-electron chi connectivity index (χ1n) is 6.00. The van der Waals surface area contributed by atoms with Crippen LogP contribution in [0.2, 0.25) is 0 Å². The van der Waals surface area contributed by atoms with Crippen molar-refractivity contribution in [2.45, 2.75) is 6.92 Å². The molecule has 0 aliphatic heterocycles. The molecule has 2 aromatic rings. The number of nitrogens with one attached hydrogen (secondary N) is 1. The Balaban J connectivity index is 1.96. The van der Waals surface area contributed by atoms with Crippen LogP contribution in [0.5, 0.6) is 11.5 Å². The molecular weight excluding hydrogens is 294 g/mol. The lowest BCUT2D eigenvalue weighted by Crippen LogP contribution is -2.36. The second kappa shape index (κ2) is 6.27. The Morgan fingerprint density at radius 1 is 0.952 bits per heavy atom. The van der Waals surface area contributed by atoms with Crippen LogP contribution < -0.4 is 13.6 Å². The van der Waals surface area contributed by atoms with Gasteiger partial charge in [0, 0.05) is 0 Å². The van der Waals surface area contributed by atoms with Crippen molar-refractivity contribution in [3.05, 3.63) is 60.2 Å². The molecule has 0 aliphatic rings. The third-order valence-corrected chi connectivity index (χ3v) is 3.22. The summed E-state index contributed by atoms with van der Waals surface area (Å²) in [6.07, 6.45) is -1.14. The molecule has 0 fully saturated rings. The largest absolute Gasteiger partial charge is 0.428 e. The summed E-state index contributed by atoms with van der Waals surface area (Å²) in [6, 6.07) is 14.4. The maximum absolute atomic E-state index is 11.6. The van der Waals surface area contributed by atoms with Crippen LogP contribution in [0.15, 0.2) is 54.6 Å². The lowest BCUT2D eigenvalue weighted by Gasteiger charge is -2.08. The predicted molar refractivity (Wildman–Crippen MR) is 76.3 cm³/mol. The van der Waals surface area contributed by atoms with Gasteiger partial charge in [-0.05, 0) is 31.2 Å². The highest BCUT2D eigenvalue weighted by Crippen LogP contribution is 2.13. The van der Waals surface area contributed by atoms with E-state index in [0.717, 1.165) is 5.56 Å². The fourth-order valence-electron chi connectivity index (χ4n) is 1.46. The minimum absolute atomic E-state index is 0.0909. The number of hydrogen-bond acceptors (Lipinski definition) is 5. The van der Waals surface area contributed by atoms with Gasteiger partial charge in [0.05, 0.1) is 0 Å². The monoisotopic (exact) mass is 307 g/mol. The summed E-state index contributed by atoms with van der Waals surface area (Å²) >= 11 is 0. The molecule has 7 heteroatoms. The maximum atomic E-state index is 11.6. The third-order valence-electron chi connectivity index (χ3n) is 2.39. The lowest BCUT2D eigenvalue weighted by molar-refractivity contribution is 0.206. The van der Waals surface area contributed by atoms with E-state index >= 15 is 0 Å². The summed E-state index contributed by atoms with van der Waals surface area (Å²) in [7, 11) is -4.29. The van der Waals surface area contributed by atoms with Crippen LogP contribution in [-0.2, 0) is 10.3 Å². The topological polar surface area (TPSA) is 81.7 Å². The van der Waals surface area contributed by atoms with Crippen LogP contribution in [0, 0.1) is 6.92 Å². The SMILES string of the molecule is Cc1ccc(OC(=O)NS(=O)(=O)Oc2ccccc2)cc1. The molecule has 0 heterocycles. The van der Waals surface area contributed by atoms with Gasteiger partial charge in [0.15, 0.2) is 0 Å². The van der Waals surface area contributed by atoms with Crippen molar-refractivity contribution in [2.24, 2.45) is 0 Å². The van der Waals surface area contributed by atoms with Gasteiger partial charge in [-0.25, -0.2) is 4.79 Å². The van der Waals surface area contributed by atoms with E-state index in [0.29, 0.717) is 0 Å². The number of benzene rings is 2. The lowest BCUT2D eigenvalue weighted by atomic mass is 10.2. The van der Waals surface area contributed by atoms with E-state index in [1.54, 1.807) is 47.2 Å². The van der Waals surface area contributed by atoms with Crippen LogP contribution in [-0.4, -0.2) is 14.5 Å². The molecule has 2 aromatic carbocycles. The first-order valence-corrected chi connectivity index (χ1v) is 7.41. The zero-order valence-electron chi connectivity index (χ0n) is 11.1. The molecule has 0 aromatic heterocycles. The number of amides is 1. The van der Waals surface area contributed by atoms with Crippen LogP contribution >= 0.6 is 0 Å². The molecule has 110 valence electrons. The van der Waals surface area contributed by atoms with E-state index in [1.165, 1.54) is 12.1 Å². The molecule has 0 saturated carbocycles. The quantitative estimate of drug-likeness (QED) is 0.938. The summed E-state index contributed by atoms with van der Waals surface area (Å²) in [5.74, 6) is 0.321. The van der Waals surface area contributed by atoms with Crippen molar-refractivity contribution in [3.8, 4) is 11.5 Å². The van der Waals surface area contributed by atoms with Gasteiger partial charge < -0.3 is 8.92 Å². The van der Waals surface area contributed by atoms with Gasteiger partial charge in [-0.1, -0.05) is 35.9 Å². The molecule has 1 N–H and O–H groups in total. The van der Waals surface area contributed by atoms with Crippen molar-refractivity contribution in [2.75, 3.05) is 0 Å². The van der Waals surface area contributed by atoms with Crippen LogP contribution in [0.25, 0.3) is 0 Å². The highest BCUT2D eigenvalue weighted by atomic mass is 32.2. The van der Waals surface area contributed by atoms with Crippen molar-refractivity contribution < 1.29 is 22.1 Å². The van der Waals surface area contributed by atoms with Gasteiger partial charge in [0.2, 0.25) is 0 Å². The molecule has 0 spiro atoms. The molecule has 0 radical (unpaired) electrons. The van der Waals surface area contributed by atoms with Gasteiger partial charge in [-0.3, -0.25) is 0 Å². The first kappa shape index (κ1) is 14.9. The van der Waals surface area contributed by atoms with Crippen LogP contribution in [0.4, 0.5) is 4.79 Å². The number of carbonyl (C=O) groups excluding carboxylic acids is 1. The van der Waals surface area contributed by atoms with Gasteiger partial charge >= 0.3 is 16.4 Å². The van der Waals surface area contributed by atoms with Crippen LogP contribution in [0.3, 0.4) is 0 Å². The number of ether oxygens (including phenoxy) is 1. The zero-order chi connectivity index (χ0) is 15.3. The first-order chi connectivity index (χ1) is 9.94. The van der Waals surface area contributed by atoms with E-state index in [2.05, 4.69) is 4.18 Å². The van der Waals surface area contributed by atoms with Gasteiger partial charge in [0.25, 0.3) is 0 Å². The van der Waals surface area contributed by atoms with Gasteiger partial charge in [-0.2, -0.15) is 13.1 Å². The van der Waals surface area contributed by atoms with Crippen molar-refractivity contribution in [1.82, 2.24) is 4.72 Å². The number of aryl methyl sites for hydroxylation is 1. The third kappa shape index (κ3) is 4.81. The summed E-state index contributed by atoms with van der Waals surface area (Å²) in [5.41, 5.74) is 0.989. The standard InChI is InChI=1S/C14H13NO5S/c1-11-7-9-12(10-8-11)19-14(16)15-21(17,18)20-13-5-3-2-4-6-13/h2-10H,1H3,(H,15,16). The van der Waals surface area contributed by atoms with Gasteiger partial charge in [0.1, 0.15) is 11.5 Å². The second-order valence-electron chi connectivity index (χ2n) is 4.16. The smallest absolute Gasteiger partial charge is 0.410 e. The second-order valence-corrected chi connectivity index (χ2v) is 5.43. The minimum Gasteiger partial charge on any atom is -0.410 e. The Morgan fingerprint density at radius 3 is 2.19 bits per heavy atom. The number of carbonyl (C=O) groups is 1. The molecule has 6 nitrogen and oxygen atoms in total. The van der Waals surface area contributed by atoms with Crippen molar-refractivity contribution >= 4 is 16.4 Å². The number of rotatable bonds is 4. The molecule has 0 saturated heterocycles. The Kier molecular flexibility index (Phi) is 4.44. The highest BCUT2D eigenvalue weighted by Gasteiger charge is 2.18. The van der Waals surface area contributed by atoms with Crippen LogP contribution in [0.1, 0.15) is 5.56 Å². The summed E-state index contributed by atoms with van der Waals surface area (Å²) in [6.45, 7) is 1.88. The fraction of sp³-hybridized carbons (Fsp3) is 0.0714. The molecule has 1 amide bonds. The fourth-order valence-corrected chi connectivity index (χ4v) is 2.11. The van der Waals surface area contributed by atoms with E-state index in [9.17, 15) is 13.2 Å². The molecule has 0 bridgehead atoms. The average molecular weight is 307 g/mol. The molecule has 21 heavy (non-hydrogen) atoms. The number of hydrogen-bond donors (Lipinski definition) is 1. The van der Waals surface area contributed by atoms with E-state index in [-0.39, 0.29) is 11.5 Å². The Hall–Kier alpha value is -2.54. The van der Waals surface area contributed by atoms with Crippen molar-refractivity contribution in [1.29, 1.82) is 0 Å². The molecular formula is C14H13NO5S. The molecule has 2 rings (SSSR count). The zero-order valence-corrected chi connectivity index (χ0v) is 12.0. The Labute approximate surface area is 122 Å². The average Bonchev–Trinajstić information content (AvgIpc) is 2.41. The van der Waals surface area contributed by atoms with E-state index in [4.69, 9.17) is 4.74 Å².